The summed E-state index contributed by atoms with van der Waals surface area (Å²) >= 11 is 1.45. The van der Waals surface area contributed by atoms with E-state index in [1.54, 1.807) is 0 Å². The molecule has 2 aliphatic rings. The molecule has 1 aliphatic carbocycles. The van der Waals surface area contributed by atoms with Gasteiger partial charge >= 0.3 is 5.97 Å². The molecule has 1 aliphatic heterocycles. The molecule has 21 heavy (non-hydrogen) atoms. The molecule has 1 aromatic heterocycles. The highest BCUT2D eigenvalue weighted by Gasteiger charge is 2.42. The molecule has 0 aromatic carbocycles. The Bertz CT molecular complexity index is 567. The van der Waals surface area contributed by atoms with Crippen molar-refractivity contribution in [1.29, 1.82) is 0 Å². The third-order valence-corrected chi connectivity index (χ3v) is 4.78. The minimum atomic E-state index is -0.522. The van der Waals surface area contributed by atoms with Crippen LogP contribution >= 0.6 is 11.3 Å². The van der Waals surface area contributed by atoms with Crippen LogP contribution in [0.1, 0.15) is 48.0 Å². The van der Waals surface area contributed by atoms with Crippen LogP contribution in [0.3, 0.4) is 0 Å². The second-order valence-corrected chi connectivity index (χ2v) is 7.67. The van der Waals surface area contributed by atoms with E-state index in [9.17, 15) is 4.79 Å². The van der Waals surface area contributed by atoms with Crippen LogP contribution < -0.4 is 5.73 Å². The third-order valence-electron chi connectivity index (χ3n) is 3.72. The van der Waals surface area contributed by atoms with Gasteiger partial charge in [0, 0.05) is 17.7 Å². The summed E-state index contributed by atoms with van der Waals surface area (Å²) in [7, 11) is 0. The van der Waals surface area contributed by atoms with Crippen molar-refractivity contribution in [2.45, 2.75) is 51.4 Å². The normalized spacial score (nSPS) is 20.5. The fourth-order valence-corrected chi connectivity index (χ4v) is 4.08. The number of esters is 1. The molecule has 1 fully saturated rings. The lowest BCUT2D eigenvalue weighted by Crippen LogP contribution is -2.36. The molecule has 0 radical (unpaired) electrons. The second kappa shape index (κ2) is 4.97. The van der Waals surface area contributed by atoms with Crippen molar-refractivity contribution < 1.29 is 19.0 Å². The second-order valence-electron chi connectivity index (χ2n) is 6.53. The Kier molecular flexibility index (Phi) is 3.50. The Morgan fingerprint density at radius 2 is 2.00 bits per heavy atom. The molecule has 1 spiro atoms. The smallest absolute Gasteiger partial charge is 0.341 e. The van der Waals surface area contributed by atoms with Gasteiger partial charge in [-0.1, -0.05) is 0 Å². The number of ether oxygens (including phenoxy) is 3. The number of nitrogen functional groups attached to an aromatic ring is 1. The van der Waals surface area contributed by atoms with E-state index >= 15 is 0 Å². The lowest BCUT2D eigenvalue weighted by atomic mass is 9.91. The summed E-state index contributed by atoms with van der Waals surface area (Å²) in [6.45, 7) is 6.84. The number of carbonyl (C=O) groups is 1. The maximum absolute atomic E-state index is 12.4. The van der Waals surface area contributed by atoms with Crippen molar-refractivity contribution in [3.8, 4) is 0 Å². The largest absolute Gasteiger partial charge is 0.456 e. The molecule has 6 heteroatoms. The summed E-state index contributed by atoms with van der Waals surface area (Å²) in [5, 5.41) is 0.532. The van der Waals surface area contributed by atoms with Crippen molar-refractivity contribution in [3.05, 3.63) is 16.0 Å². The van der Waals surface area contributed by atoms with Gasteiger partial charge in [-0.2, -0.15) is 0 Å². The average Bonchev–Trinajstić information content (AvgIpc) is 2.91. The zero-order valence-electron chi connectivity index (χ0n) is 12.7. The fraction of sp³-hybridized carbons (Fsp3) is 0.667. The van der Waals surface area contributed by atoms with E-state index in [0.29, 0.717) is 30.2 Å². The van der Waals surface area contributed by atoms with Gasteiger partial charge in [0.1, 0.15) is 10.6 Å². The van der Waals surface area contributed by atoms with Gasteiger partial charge in [-0.3, -0.25) is 0 Å². The first-order valence-electron chi connectivity index (χ1n) is 7.21. The summed E-state index contributed by atoms with van der Waals surface area (Å²) < 4.78 is 17.0. The third kappa shape index (κ3) is 2.80. The van der Waals surface area contributed by atoms with E-state index in [1.165, 1.54) is 11.3 Å². The Morgan fingerprint density at radius 3 is 2.62 bits per heavy atom. The molecule has 3 rings (SSSR count). The minimum absolute atomic E-state index is 0.332. The number of hydrogen-bond acceptors (Lipinski definition) is 6. The first-order valence-corrected chi connectivity index (χ1v) is 8.03. The van der Waals surface area contributed by atoms with Gasteiger partial charge in [-0.25, -0.2) is 4.79 Å². The quantitative estimate of drug-likeness (QED) is 0.807. The molecule has 0 bridgehead atoms. The van der Waals surface area contributed by atoms with Gasteiger partial charge in [0.05, 0.1) is 18.8 Å². The van der Waals surface area contributed by atoms with Crippen LogP contribution in [0.4, 0.5) is 5.00 Å². The zero-order chi connectivity index (χ0) is 15.3. The van der Waals surface area contributed by atoms with Gasteiger partial charge in [-0.15, -0.1) is 11.3 Å². The number of anilines is 1. The van der Waals surface area contributed by atoms with Crippen molar-refractivity contribution in [2.75, 3.05) is 18.9 Å². The predicted molar refractivity (Wildman–Crippen MR) is 80.6 cm³/mol. The molecule has 0 saturated carbocycles. The van der Waals surface area contributed by atoms with Crippen molar-refractivity contribution in [2.24, 2.45) is 0 Å². The van der Waals surface area contributed by atoms with Crippen LogP contribution in [0, 0.1) is 0 Å². The molecular formula is C15H21NO4S. The first-order chi connectivity index (χ1) is 9.80. The Hall–Kier alpha value is -1.11. The van der Waals surface area contributed by atoms with E-state index in [4.69, 9.17) is 19.9 Å². The van der Waals surface area contributed by atoms with E-state index in [2.05, 4.69) is 0 Å². The van der Waals surface area contributed by atoms with Crippen LogP contribution in [-0.2, 0) is 27.1 Å². The highest BCUT2D eigenvalue weighted by atomic mass is 32.1. The van der Waals surface area contributed by atoms with E-state index < -0.39 is 11.4 Å². The first kappa shape index (κ1) is 14.8. The minimum Gasteiger partial charge on any atom is -0.456 e. The molecular weight excluding hydrogens is 290 g/mol. The summed E-state index contributed by atoms with van der Waals surface area (Å²) in [6.07, 6.45) is 2.16. The van der Waals surface area contributed by atoms with Crippen molar-refractivity contribution in [1.82, 2.24) is 0 Å². The van der Waals surface area contributed by atoms with Crippen LogP contribution in [0.5, 0.6) is 0 Å². The lowest BCUT2D eigenvalue weighted by Gasteiger charge is -2.31. The number of fused-ring (bicyclic) bond motifs is 1. The van der Waals surface area contributed by atoms with Gasteiger partial charge in [0.15, 0.2) is 5.79 Å². The SMILES string of the molecule is CC(C)(C)OC(=O)c1c(N)sc2c1CCC1(C2)OCCO1. The van der Waals surface area contributed by atoms with Gasteiger partial charge in [0.25, 0.3) is 0 Å². The average molecular weight is 311 g/mol. The predicted octanol–water partition coefficient (Wildman–Crippen LogP) is 2.52. The van der Waals surface area contributed by atoms with Crippen molar-refractivity contribution in [3.63, 3.8) is 0 Å². The Morgan fingerprint density at radius 1 is 1.33 bits per heavy atom. The van der Waals surface area contributed by atoms with Crippen LogP contribution in [0.2, 0.25) is 0 Å². The van der Waals surface area contributed by atoms with Gasteiger partial charge in [0.2, 0.25) is 0 Å². The fourth-order valence-electron chi connectivity index (χ4n) is 2.89. The standard InChI is InChI=1S/C15H21NO4S/c1-14(2,3)20-13(17)11-9-4-5-15(18-6-7-19-15)8-10(9)21-12(11)16/h4-8,16H2,1-3H3. The maximum atomic E-state index is 12.4. The lowest BCUT2D eigenvalue weighted by molar-refractivity contribution is -0.163. The monoisotopic (exact) mass is 311 g/mol. The molecule has 5 nitrogen and oxygen atoms in total. The number of thiophene rings is 1. The molecule has 0 amide bonds. The van der Waals surface area contributed by atoms with Crippen molar-refractivity contribution >= 4 is 22.3 Å². The number of nitrogens with two attached hydrogens (primary N) is 1. The molecule has 1 aromatic rings. The number of rotatable bonds is 1. The zero-order valence-corrected chi connectivity index (χ0v) is 13.5. The molecule has 116 valence electrons. The summed E-state index contributed by atoms with van der Waals surface area (Å²) in [5.41, 5.74) is 7.09. The highest BCUT2D eigenvalue weighted by Crippen LogP contribution is 2.43. The molecule has 2 N–H and O–H groups in total. The summed E-state index contributed by atoms with van der Waals surface area (Å²) in [6, 6.07) is 0. The summed E-state index contributed by atoms with van der Waals surface area (Å²) in [4.78, 5) is 13.5. The maximum Gasteiger partial charge on any atom is 0.341 e. The van der Waals surface area contributed by atoms with Crippen LogP contribution in [0.25, 0.3) is 0 Å². The molecule has 1 saturated heterocycles. The molecule has 0 unspecified atom stereocenters. The van der Waals surface area contributed by atoms with Crippen LogP contribution in [0.15, 0.2) is 0 Å². The number of hydrogen-bond donors (Lipinski definition) is 1. The van der Waals surface area contributed by atoms with Gasteiger partial charge in [-0.05, 0) is 32.8 Å². The number of carbonyl (C=O) groups excluding carboxylic acids is 1. The summed E-state index contributed by atoms with van der Waals surface area (Å²) in [5.74, 6) is -0.836. The van der Waals surface area contributed by atoms with E-state index in [0.717, 1.165) is 23.3 Å². The van der Waals surface area contributed by atoms with Gasteiger partial charge < -0.3 is 19.9 Å². The van der Waals surface area contributed by atoms with E-state index in [-0.39, 0.29) is 5.97 Å². The van der Waals surface area contributed by atoms with Crippen LogP contribution in [-0.4, -0.2) is 30.6 Å². The Labute approximate surface area is 128 Å². The highest BCUT2D eigenvalue weighted by molar-refractivity contribution is 7.16. The van der Waals surface area contributed by atoms with E-state index in [1.807, 2.05) is 20.8 Å². The molecule has 0 atom stereocenters. The molecule has 2 heterocycles. The Balaban J connectivity index is 1.88. The topological polar surface area (TPSA) is 70.8 Å².